The van der Waals surface area contributed by atoms with Crippen LogP contribution in [0.15, 0.2) is 0 Å². The zero-order valence-corrected chi connectivity index (χ0v) is 12.8. The van der Waals surface area contributed by atoms with Crippen LogP contribution in [0.1, 0.15) is 40.0 Å². The highest BCUT2D eigenvalue weighted by Gasteiger charge is 2.55. The van der Waals surface area contributed by atoms with Crippen LogP contribution in [0.3, 0.4) is 0 Å². The van der Waals surface area contributed by atoms with Crippen molar-refractivity contribution >= 4 is 18.0 Å². The summed E-state index contributed by atoms with van der Waals surface area (Å²) >= 11 is 0. The number of amides is 1. The predicted molar refractivity (Wildman–Crippen MR) is 71.4 cm³/mol. The lowest BCUT2D eigenvalue weighted by atomic mass is 9.97. The van der Waals surface area contributed by atoms with Gasteiger partial charge in [-0.2, -0.15) is 0 Å². The Labute approximate surface area is 123 Å². The van der Waals surface area contributed by atoms with Gasteiger partial charge in [-0.05, 0) is 27.2 Å². The molecule has 2 fully saturated rings. The molecule has 0 bridgehead atoms. The van der Waals surface area contributed by atoms with E-state index < -0.39 is 29.3 Å². The SMILES string of the molecule is COC(=O)[C@@H]1C[C@]2(CCC(=O)O2)CN1C(=O)OC(C)(C)C. The smallest absolute Gasteiger partial charge is 0.411 e. The molecule has 0 saturated carbocycles. The fourth-order valence-corrected chi connectivity index (χ4v) is 2.74. The Morgan fingerprint density at radius 3 is 2.52 bits per heavy atom. The maximum atomic E-state index is 12.3. The van der Waals surface area contributed by atoms with E-state index in [4.69, 9.17) is 14.2 Å². The molecule has 2 saturated heterocycles. The van der Waals surface area contributed by atoms with Crippen LogP contribution in [0.4, 0.5) is 4.79 Å². The first-order valence-corrected chi connectivity index (χ1v) is 6.95. The molecule has 21 heavy (non-hydrogen) atoms. The van der Waals surface area contributed by atoms with Crippen LogP contribution < -0.4 is 0 Å². The molecule has 7 heteroatoms. The van der Waals surface area contributed by atoms with Crippen molar-refractivity contribution in [1.29, 1.82) is 0 Å². The molecule has 0 aliphatic carbocycles. The van der Waals surface area contributed by atoms with Gasteiger partial charge in [0.2, 0.25) is 0 Å². The van der Waals surface area contributed by atoms with Gasteiger partial charge in [-0.25, -0.2) is 9.59 Å². The van der Waals surface area contributed by atoms with E-state index in [2.05, 4.69) is 0 Å². The van der Waals surface area contributed by atoms with Gasteiger partial charge in [-0.1, -0.05) is 0 Å². The monoisotopic (exact) mass is 299 g/mol. The number of carbonyl (C=O) groups is 3. The van der Waals surface area contributed by atoms with Gasteiger partial charge in [-0.3, -0.25) is 9.69 Å². The number of rotatable bonds is 1. The van der Waals surface area contributed by atoms with Gasteiger partial charge in [0.15, 0.2) is 0 Å². The molecule has 0 radical (unpaired) electrons. The third-order valence-electron chi connectivity index (χ3n) is 3.62. The third kappa shape index (κ3) is 3.28. The Morgan fingerprint density at radius 2 is 2.05 bits per heavy atom. The summed E-state index contributed by atoms with van der Waals surface area (Å²) in [6.45, 7) is 5.41. The summed E-state index contributed by atoms with van der Waals surface area (Å²) in [4.78, 5) is 36.9. The predicted octanol–water partition coefficient (Wildman–Crippen LogP) is 1.24. The molecule has 2 rings (SSSR count). The minimum Gasteiger partial charge on any atom is -0.467 e. The molecule has 1 amide bonds. The van der Waals surface area contributed by atoms with E-state index >= 15 is 0 Å². The summed E-state index contributed by atoms with van der Waals surface area (Å²) in [5.74, 6) is -0.828. The molecular formula is C14H21NO6. The first-order chi connectivity index (χ1) is 9.66. The first-order valence-electron chi connectivity index (χ1n) is 6.95. The van der Waals surface area contributed by atoms with Crippen LogP contribution in [0.25, 0.3) is 0 Å². The Bertz CT molecular complexity index is 469. The molecule has 0 aromatic heterocycles. The Balaban J connectivity index is 2.18. The van der Waals surface area contributed by atoms with Crippen molar-refractivity contribution < 1.29 is 28.6 Å². The zero-order chi connectivity index (χ0) is 15.8. The average molecular weight is 299 g/mol. The van der Waals surface area contributed by atoms with Crippen LogP contribution >= 0.6 is 0 Å². The first kappa shape index (κ1) is 15.6. The minimum atomic E-state index is -0.785. The number of ether oxygens (including phenoxy) is 3. The summed E-state index contributed by atoms with van der Waals surface area (Å²) in [5.41, 5.74) is -1.45. The third-order valence-corrected chi connectivity index (χ3v) is 3.62. The van der Waals surface area contributed by atoms with E-state index in [1.54, 1.807) is 20.8 Å². The molecule has 7 nitrogen and oxygen atoms in total. The van der Waals surface area contributed by atoms with Gasteiger partial charge in [0, 0.05) is 12.8 Å². The van der Waals surface area contributed by atoms with E-state index in [9.17, 15) is 14.4 Å². The average Bonchev–Trinajstić information content (AvgIpc) is 2.91. The Kier molecular flexibility index (Phi) is 3.86. The number of carbonyl (C=O) groups excluding carboxylic acids is 3. The lowest BCUT2D eigenvalue weighted by Gasteiger charge is -2.27. The van der Waals surface area contributed by atoms with E-state index in [-0.39, 0.29) is 18.9 Å². The van der Waals surface area contributed by atoms with Crippen LogP contribution in [-0.4, -0.2) is 53.8 Å². The van der Waals surface area contributed by atoms with Crippen molar-refractivity contribution in [3.63, 3.8) is 0 Å². The molecule has 2 aliphatic rings. The molecular weight excluding hydrogens is 278 g/mol. The number of hydrogen-bond donors (Lipinski definition) is 0. The molecule has 2 heterocycles. The Hall–Kier alpha value is -1.79. The second kappa shape index (κ2) is 5.20. The topological polar surface area (TPSA) is 82.1 Å². The van der Waals surface area contributed by atoms with Gasteiger partial charge in [0.25, 0.3) is 0 Å². The van der Waals surface area contributed by atoms with Gasteiger partial charge in [0.05, 0.1) is 13.7 Å². The largest absolute Gasteiger partial charge is 0.467 e. The Morgan fingerprint density at radius 1 is 1.38 bits per heavy atom. The molecule has 118 valence electrons. The molecule has 0 N–H and O–H groups in total. The van der Waals surface area contributed by atoms with E-state index in [0.29, 0.717) is 12.8 Å². The molecule has 2 aliphatic heterocycles. The van der Waals surface area contributed by atoms with Gasteiger partial charge in [-0.15, -0.1) is 0 Å². The molecule has 1 spiro atoms. The van der Waals surface area contributed by atoms with Crippen LogP contribution in [0.2, 0.25) is 0 Å². The summed E-state index contributed by atoms with van der Waals surface area (Å²) in [6, 6.07) is -0.782. The maximum absolute atomic E-state index is 12.3. The standard InChI is InChI=1S/C14H21NO6/c1-13(2,3)21-12(18)15-8-14(6-5-10(16)20-14)7-9(15)11(17)19-4/h9H,5-8H2,1-4H3/t9-,14+/m0/s1. The molecule has 0 unspecified atom stereocenters. The fourth-order valence-electron chi connectivity index (χ4n) is 2.74. The summed E-state index contributed by atoms with van der Waals surface area (Å²) in [5, 5.41) is 0. The van der Waals surface area contributed by atoms with Crippen molar-refractivity contribution in [2.24, 2.45) is 0 Å². The highest BCUT2D eigenvalue weighted by Crippen LogP contribution is 2.39. The molecule has 2 atom stereocenters. The quantitative estimate of drug-likeness (QED) is 0.535. The lowest BCUT2D eigenvalue weighted by Crippen LogP contribution is -2.44. The summed E-state index contributed by atoms with van der Waals surface area (Å²) < 4.78 is 15.4. The second-order valence-corrected chi connectivity index (χ2v) is 6.51. The van der Waals surface area contributed by atoms with Crippen molar-refractivity contribution in [2.45, 2.75) is 57.3 Å². The van der Waals surface area contributed by atoms with Crippen LogP contribution in [0, 0.1) is 0 Å². The summed E-state index contributed by atoms with van der Waals surface area (Å²) in [6.07, 6.45) is 0.456. The number of hydrogen-bond acceptors (Lipinski definition) is 6. The fraction of sp³-hybridized carbons (Fsp3) is 0.786. The van der Waals surface area contributed by atoms with Gasteiger partial charge in [0.1, 0.15) is 17.2 Å². The van der Waals surface area contributed by atoms with E-state index in [1.165, 1.54) is 12.0 Å². The van der Waals surface area contributed by atoms with Gasteiger partial charge >= 0.3 is 18.0 Å². The number of likely N-dealkylation sites (tertiary alicyclic amines) is 1. The zero-order valence-electron chi connectivity index (χ0n) is 12.8. The van der Waals surface area contributed by atoms with E-state index in [0.717, 1.165) is 0 Å². The highest BCUT2D eigenvalue weighted by atomic mass is 16.6. The number of esters is 2. The normalized spacial score (nSPS) is 28.7. The van der Waals surface area contributed by atoms with E-state index in [1.807, 2.05) is 0 Å². The van der Waals surface area contributed by atoms with Crippen LogP contribution in [0.5, 0.6) is 0 Å². The van der Waals surface area contributed by atoms with Crippen LogP contribution in [-0.2, 0) is 23.8 Å². The molecule has 0 aromatic rings. The molecule has 0 aromatic carbocycles. The van der Waals surface area contributed by atoms with Gasteiger partial charge < -0.3 is 14.2 Å². The van der Waals surface area contributed by atoms with Crippen molar-refractivity contribution in [3.8, 4) is 0 Å². The van der Waals surface area contributed by atoms with Crippen molar-refractivity contribution in [1.82, 2.24) is 4.90 Å². The lowest BCUT2D eigenvalue weighted by molar-refractivity contribution is -0.149. The number of methoxy groups -OCH3 is 1. The minimum absolute atomic E-state index is 0.160. The summed E-state index contributed by atoms with van der Waals surface area (Å²) in [7, 11) is 1.27. The number of nitrogens with zero attached hydrogens (tertiary/aromatic N) is 1. The van der Waals surface area contributed by atoms with Crippen molar-refractivity contribution in [2.75, 3.05) is 13.7 Å². The maximum Gasteiger partial charge on any atom is 0.411 e. The highest BCUT2D eigenvalue weighted by molar-refractivity contribution is 5.83. The second-order valence-electron chi connectivity index (χ2n) is 6.51. The van der Waals surface area contributed by atoms with Crippen molar-refractivity contribution in [3.05, 3.63) is 0 Å².